The summed E-state index contributed by atoms with van der Waals surface area (Å²) in [6, 6.07) is 0. The quantitative estimate of drug-likeness (QED) is 0.638. The number of nitrogens with one attached hydrogen (secondary N) is 1. The second-order valence-electron chi connectivity index (χ2n) is 5.31. The van der Waals surface area contributed by atoms with Crippen LogP contribution in [0.15, 0.2) is 0 Å². The van der Waals surface area contributed by atoms with E-state index in [4.69, 9.17) is 9.47 Å². The number of hydrogen-bond donors (Lipinski definition) is 2. The van der Waals surface area contributed by atoms with Gasteiger partial charge < -0.3 is 14.6 Å². The zero-order valence-corrected chi connectivity index (χ0v) is 9.71. The summed E-state index contributed by atoms with van der Waals surface area (Å²) in [5, 5.41) is 13.9. The highest BCUT2D eigenvalue weighted by molar-refractivity contribution is 5.07. The highest BCUT2D eigenvalue weighted by Crippen LogP contribution is 2.52. The zero-order chi connectivity index (χ0) is 11.1. The van der Waals surface area contributed by atoms with E-state index in [0.29, 0.717) is 6.61 Å². The highest BCUT2D eigenvalue weighted by Gasteiger charge is 2.59. The van der Waals surface area contributed by atoms with Crippen molar-refractivity contribution in [1.29, 1.82) is 0 Å². The number of fused-ring (bicyclic) bond motifs is 1. The number of aliphatic hydroxyl groups excluding tert-OH is 1. The third kappa shape index (κ3) is 1.37. The molecule has 4 nitrogen and oxygen atoms in total. The lowest BCUT2D eigenvalue weighted by molar-refractivity contribution is -0.225. The Balaban J connectivity index is 1.94. The van der Waals surface area contributed by atoms with Crippen molar-refractivity contribution in [2.75, 3.05) is 26.4 Å². The molecule has 2 aliphatic heterocycles. The third-order valence-corrected chi connectivity index (χ3v) is 4.67. The molecule has 2 heterocycles. The van der Waals surface area contributed by atoms with Gasteiger partial charge in [0.1, 0.15) is 5.72 Å². The lowest BCUT2D eigenvalue weighted by Gasteiger charge is -2.55. The van der Waals surface area contributed by atoms with Gasteiger partial charge in [0.25, 0.3) is 0 Å². The van der Waals surface area contributed by atoms with Gasteiger partial charge in [-0.05, 0) is 25.7 Å². The molecule has 3 aliphatic rings. The van der Waals surface area contributed by atoms with E-state index in [9.17, 15) is 5.11 Å². The Morgan fingerprint density at radius 3 is 2.75 bits per heavy atom. The maximum Gasteiger partial charge on any atom is 0.127 e. The fraction of sp³-hybridized carbons (Fsp3) is 1.00. The molecule has 2 saturated heterocycles. The summed E-state index contributed by atoms with van der Waals surface area (Å²) in [4.78, 5) is 0. The van der Waals surface area contributed by atoms with E-state index in [0.717, 1.165) is 39.0 Å². The van der Waals surface area contributed by atoms with Crippen LogP contribution in [-0.4, -0.2) is 43.3 Å². The Hall–Kier alpha value is -0.160. The van der Waals surface area contributed by atoms with Crippen LogP contribution < -0.4 is 5.32 Å². The smallest absolute Gasteiger partial charge is 0.127 e. The van der Waals surface area contributed by atoms with Gasteiger partial charge in [0.2, 0.25) is 0 Å². The lowest BCUT2D eigenvalue weighted by Crippen LogP contribution is -2.65. The number of rotatable bonds is 0. The second kappa shape index (κ2) is 3.95. The van der Waals surface area contributed by atoms with Crippen LogP contribution in [0.25, 0.3) is 0 Å². The van der Waals surface area contributed by atoms with Crippen molar-refractivity contribution < 1.29 is 14.6 Å². The summed E-state index contributed by atoms with van der Waals surface area (Å²) in [5.41, 5.74) is -0.381. The molecule has 3 fully saturated rings. The standard InChI is InChI=1S/C12H21NO3/c14-10-9-15-7-5-11(10)3-1-2-4-12(11)13-6-8-16-12/h10,13-14H,1-9H2. The molecule has 0 amide bonds. The molecule has 3 atom stereocenters. The minimum absolute atomic E-state index is 0.111. The second-order valence-corrected chi connectivity index (χ2v) is 5.31. The minimum Gasteiger partial charge on any atom is -0.390 e. The molecule has 4 heteroatoms. The first-order chi connectivity index (χ1) is 7.79. The molecule has 92 valence electrons. The van der Waals surface area contributed by atoms with Gasteiger partial charge in [-0.1, -0.05) is 6.42 Å². The molecule has 2 N–H and O–H groups in total. The largest absolute Gasteiger partial charge is 0.390 e. The van der Waals surface area contributed by atoms with Crippen LogP contribution in [0.1, 0.15) is 32.1 Å². The molecule has 3 unspecified atom stereocenters. The summed E-state index contributed by atoms with van der Waals surface area (Å²) in [6.45, 7) is 2.90. The first-order valence-corrected chi connectivity index (χ1v) is 6.44. The molecule has 0 bridgehead atoms. The number of hydrogen-bond acceptors (Lipinski definition) is 4. The van der Waals surface area contributed by atoms with E-state index < -0.39 is 0 Å². The molecule has 2 spiro atoms. The van der Waals surface area contributed by atoms with Crippen LogP contribution in [0.2, 0.25) is 0 Å². The average Bonchev–Trinajstić information content (AvgIpc) is 2.76. The van der Waals surface area contributed by atoms with Crippen molar-refractivity contribution in [3.05, 3.63) is 0 Å². The first kappa shape index (κ1) is 11.0. The van der Waals surface area contributed by atoms with Crippen molar-refractivity contribution >= 4 is 0 Å². The molecule has 0 aromatic carbocycles. The Morgan fingerprint density at radius 1 is 1.12 bits per heavy atom. The minimum atomic E-state index is -0.382. The predicted octanol–water partition coefficient (Wildman–Crippen LogP) is 0.644. The van der Waals surface area contributed by atoms with Crippen molar-refractivity contribution in [1.82, 2.24) is 5.32 Å². The van der Waals surface area contributed by atoms with Crippen LogP contribution in [0.5, 0.6) is 0 Å². The maximum atomic E-state index is 10.4. The van der Waals surface area contributed by atoms with Gasteiger partial charge in [0.05, 0.1) is 19.3 Å². The fourth-order valence-electron chi connectivity index (χ4n) is 3.81. The van der Waals surface area contributed by atoms with E-state index >= 15 is 0 Å². The van der Waals surface area contributed by atoms with Gasteiger partial charge in [0, 0.05) is 18.6 Å². The Morgan fingerprint density at radius 2 is 2.00 bits per heavy atom. The molecule has 16 heavy (non-hydrogen) atoms. The molecule has 3 rings (SSSR count). The molecular weight excluding hydrogens is 206 g/mol. The van der Waals surface area contributed by atoms with E-state index in [-0.39, 0.29) is 17.2 Å². The predicted molar refractivity (Wildman–Crippen MR) is 59.0 cm³/mol. The van der Waals surface area contributed by atoms with Gasteiger partial charge in [0.15, 0.2) is 0 Å². The summed E-state index contributed by atoms with van der Waals surface area (Å²) in [7, 11) is 0. The van der Waals surface area contributed by atoms with E-state index in [1.165, 1.54) is 12.8 Å². The molecule has 0 aromatic rings. The van der Waals surface area contributed by atoms with Gasteiger partial charge in [-0.25, -0.2) is 0 Å². The lowest BCUT2D eigenvalue weighted by atomic mass is 9.62. The van der Waals surface area contributed by atoms with Crippen molar-refractivity contribution in [3.8, 4) is 0 Å². The van der Waals surface area contributed by atoms with Crippen LogP contribution in [0.3, 0.4) is 0 Å². The fourth-order valence-corrected chi connectivity index (χ4v) is 3.81. The van der Waals surface area contributed by atoms with Gasteiger partial charge >= 0.3 is 0 Å². The molecule has 0 aromatic heterocycles. The van der Waals surface area contributed by atoms with Crippen LogP contribution in [0, 0.1) is 5.41 Å². The Labute approximate surface area is 96.3 Å². The summed E-state index contributed by atoms with van der Waals surface area (Å²) in [6.07, 6.45) is 5.02. The topological polar surface area (TPSA) is 50.7 Å². The number of ether oxygens (including phenoxy) is 2. The van der Waals surface area contributed by atoms with Crippen LogP contribution in [0.4, 0.5) is 0 Å². The van der Waals surface area contributed by atoms with Gasteiger partial charge in [-0.15, -0.1) is 0 Å². The monoisotopic (exact) mass is 227 g/mol. The van der Waals surface area contributed by atoms with Crippen molar-refractivity contribution in [3.63, 3.8) is 0 Å². The van der Waals surface area contributed by atoms with Gasteiger partial charge in [-0.2, -0.15) is 0 Å². The van der Waals surface area contributed by atoms with Crippen LogP contribution in [-0.2, 0) is 9.47 Å². The SMILES string of the molecule is OC1COCCC12CCCCC21NCCO1. The van der Waals surface area contributed by atoms with E-state index in [1.54, 1.807) is 0 Å². The van der Waals surface area contributed by atoms with Crippen molar-refractivity contribution in [2.24, 2.45) is 5.41 Å². The molecular formula is C12H21NO3. The first-order valence-electron chi connectivity index (χ1n) is 6.44. The normalized spacial score (nSPS) is 48.9. The van der Waals surface area contributed by atoms with Crippen molar-refractivity contribution in [2.45, 2.75) is 43.9 Å². The van der Waals surface area contributed by atoms with Gasteiger partial charge in [-0.3, -0.25) is 5.32 Å². The number of aliphatic hydroxyl groups is 1. The van der Waals surface area contributed by atoms with E-state index in [1.807, 2.05) is 0 Å². The Kier molecular flexibility index (Phi) is 2.70. The van der Waals surface area contributed by atoms with Crippen LogP contribution >= 0.6 is 0 Å². The maximum absolute atomic E-state index is 10.4. The summed E-state index contributed by atoms with van der Waals surface area (Å²) in [5.74, 6) is 0. The summed E-state index contributed by atoms with van der Waals surface area (Å²) < 4.78 is 11.4. The Bertz CT molecular complexity index is 259. The molecule has 1 aliphatic carbocycles. The molecule has 1 saturated carbocycles. The van der Waals surface area contributed by atoms with E-state index in [2.05, 4.69) is 5.32 Å². The third-order valence-electron chi connectivity index (χ3n) is 4.67. The molecule has 0 radical (unpaired) electrons. The summed E-state index contributed by atoms with van der Waals surface area (Å²) >= 11 is 0. The average molecular weight is 227 g/mol. The zero-order valence-electron chi connectivity index (χ0n) is 9.71. The highest BCUT2D eigenvalue weighted by atomic mass is 16.5.